The average molecular weight is 173 g/mol. The van der Waals surface area contributed by atoms with E-state index in [-0.39, 0.29) is 0 Å². The summed E-state index contributed by atoms with van der Waals surface area (Å²) < 4.78 is 0. The molecule has 68 valence electrons. The van der Waals surface area contributed by atoms with Crippen molar-refractivity contribution in [3.63, 3.8) is 0 Å². The molecule has 0 aliphatic heterocycles. The first-order valence-electron chi connectivity index (χ1n) is 4.55. The number of hydrogen-bond acceptors (Lipinski definition) is 1. The van der Waals surface area contributed by atoms with E-state index < -0.39 is 0 Å². The maximum Gasteiger partial charge on any atom is 0.0277 e. The van der Waals surface area contributed by atoms with Crippen molar-refractivity contribution >= 4 is 0 Å². The van der Waals surface area contributed by atoms with Crippen LogP contribution in [0.1, 0.15) is 30.4 Å². The van der Waals surface area contributed by atoms with E-state index in [1.807, 2.05) is 18.2 Å². The first-order chi connectivity index (χ1) is 6.29. The minimum Gasteiger partial charge on any atom is -0.330 e. The number of benzene rings is 1. The zero-order chi connectivity index (χ0) is 9.68. The number of rotatable bonds is 3. The zero-order valence-electron chi connectivity index (χ0n) is 7.96. The van der Waals surface area contributed by atoms with E-state index >= 15 is 0 Å². The summed E-state index contributed by atoms with van der Waals surface area (Å²) in [4.78, 5) is 0. The summed E-state index contributed by atoms with van der Waals surface area (Å²) in [6.07, 6.45) is 6.39. The molecule has 0 radical (unpaired) electrons. The molecular formula is C12H15N. The molecule has 13 heavy (non-hydrogen) atoms. The molecule has 0 amide bonds. The van der Waals surface area contributed by atoms with Crippen LogP contribution < -0.4 is 5.73 Å². The van der Waals surface area contributed by atoms with Crippen molar-refractivity contribution in [2.75, 3.05) is 6.54 Å². The Morgan fingerprint density at radius 2 is 2.15 bits per heavy atom. The molecule has 0 bridgehead atoms. The fourth-order valence-corrected chi connectivity index (χ4v) is 1.46. The number of hydrogen-bond donors (Lipinski definition) is 1. The van der Waals surface area contributed by atoms with Gasteiger partial charge in [-0.25, -0.2) is 0 Å². The Morgan fingerprint density at radius 1 is 1.46 bits per heavy atom. The molecule has 0 saturated heterocycles. The second-order valence-electron chi connectivity index (χ2n) is 3.21. The lowest BCUT2D eigenvalue weighted by Crippen LogP contribution is -2.05. The van der Waals surface area contributed by atoms with Crippen LogP contribution in [0.3, 0.4) is 0 Å². The van der Waals surface area contributed by atoms with Crippen LogP contribution in [0.2, 0.25) is 0 Å². The van der Waals surface area contributed by atoms with Gasteiger partial charge >= 0.3 is 0 Å². The Kier molecular flexibility index (Phi) is 3.54. The number of nitrogens with two attached hydrogens (primary N) is 1. The third-order valence-corrected chi connectivity index (χ3v) is 2.25. The molecule has 1 aromatic rings. The molecule has 0 heterocycles. The molecule has 1 heteroatoms. The average Bonchev–Trinajstić information content (AvgIpc) is 2.18. The summed E-state index contributed by atoms with van der Waals surface area (Å²) in [6, 6.07) is 8.04. The highest BCUT2D eigenvalue weighted by Gasteiger charge is 2.07. The highest BCUT2D eigenvalue weighted by atomic mass is 14.5. The summed E-state index contributed by atoms with van der Waals surface area (Å²) in [5.41, 5.74) is 7.73. The van der Waals surface area contributed by atoms with Crippen LogP contribution in [0, 0.1) is 12.3 Å². The second kappa shape index (κ2) is 4.69. The predicted molar refractivity (Wildman–Crippen MR) is 56.5 cm³/mol. The summed E-state index contributed by atoms with van der Waals surface area (Å²) in [6.45, 7) is 2.86. The highest BCUT2D eigenvalue weighted by molar-refractivity contribution is 5.41. The van der Waals surface area contributed by atoms with Crippen LogP contribution in [-0.2, 0) is 0 Å². The highest BCUT2D eigenvalue weighted by Crippen LogP contribution is 2.21. The predicted octanol–water partition coefficient (Wildman–Crippen LogP) is 2.12. The Morgan fingerprint density at radius 3 is 2.77 bits per heavy atom. The van der Waals surface area contributed by atoms with Gasteiger partial charge in [-0.3, -0.25) is 0 Å². The normalized spacial score (nSPS) is 12.1. The Labute approximate surface area is 80.0 Å². The van der Waals surface area contributed by atoms with Crippen molar-refractivity contribution in [3.8, 4) is 12.3 Å². The van der Waals surface area contributed by atoms with Gasteiger partial charge in [0.25, 0.3) is 0 Å². The minimum atomic E-state index is 0.456. The van der Waals surface area contributed by atoms with Crippen LogP contribution >= 0.6 is 0 Å². The molecule has 1 aromatic carbocycles. The van der Waals surface area contributed by atoms with Crippen molar-refractivity contribution in [1.29, 1.82) is 0 Å². The molecule has 0 aliphatic rings. The van der Waals surface area contributed by atoms with E-state index in [1.54, 1.807) is 0 Å². The van der Waals surface area contributed by atoms with Crippen molar-refractivity contribution in [3.05, 3.63) is 35.4 Å². The van der Waals surface area contributed by atoms with E-state index in [0.29, 0.717) is 12.5 Å². The standard InChI is InChI=1S/C12H15N/c1-3-11-6-4-5-7-12(11)10(2)8-9-13/h1,4-7,10H,8-9,13H2,2H3. The molecule has 0 aliphatic carbocycles. The van der Waals surface area contributed by atoms with E-state index in [0.717, 1.165) is 12.0 Å². The lowest BCUT2D eigenvalue weighted by Gasteiger charge is -2.12. The van der Waals surface area contributed by atoms with E-state index in [9.17, 15) is 0 Å². The SMILES string of the molecule is C#Cc1ccccc1C(C)CCN. The molecule has 2 N–H and O–H groups in total. The maximum atomic E-state index is 5.51. The summed E-state index contributed by atoms with van der Waals surface area (Å²) in [7, 11) is 0. The fourth-order valence-electron chi connectivity index (χ4n) is 1.46. The monoisotopic (exact) mass is 173 g/mol. The second-order valence-corrected chi connectivity index (χ2v) is 3.21. The van der Waals surface area contributed by atoms with Gasteiger partial charge in [0.15, 0.2) is 0 Å². The third kappa shape index (κ3) is 2.34. The molecule has 1 nitrogen and oxygen atoms in total. The van der Waals surface area contributed by atoms with Crippen molar-refractivity contribution in [2.45, 2.75) is 19.3 Å². The lowest BCUT2D eigenvalue weighted by molar-refractivity contribution is 0.689. The quantitative estimate of drug-likeness (QED) is 0.696. The van der Waals surface area contributed by atoms with Gasteiger partial charge < -0.3 is 5.73 Å². The largest absolute Gasteiger partial charge is 0.330 e. The number of terminal acetylenes is 1. The molecular weight excluding hydrogens is 158 g/mol. The zero-order valence-corrected chi connectivity index (χ0v) is 7.96. The summed E-state index contributed by atoms with van der Waals surface area (Å²) in [5, 5.41) is 0. The van der Waals surface area contributed by atoms with Gasteiger partial charge in [0.1, 0.15) is 0 Å². The van der Waals surface area contributed by atoms with Crippen LogP contribution in [0.25, 0.3) is 0 Å². The van der Waals surface area contributed by atoms with Gasteiger partial charge in [-0.15, -0.1) is 6.42 Å². The molecule has 1 unspecified atom stereocenters. The fraction of sp³-hybridized carbons (Fsp3) is 0.333. The summed E-state index contributed by atoms with van der Waals surface area (Å²) >= 11 is 0. The van der Waals surface area contributed by atoms with Crippen LogP contribution in [-0.4, -0.2) is 6.54 Å². The maximum absolute atomic E-state index is 5.51. The van der Waals surface area contributed by atoms with E-state index in [2.05, 4.69) is 18.9 Å². The molecule has 0 spiro atoms. The van der Waals surface area contributed by atoms with Crippen molar-refractivity contribution in [2.24, 2.45) is 5.73 Å². The Hall–Kier alpha value is -1.26. The molecule has 0 fully saturated rings. The van der Waals surface area contributed by atoms with E-state index in [4.69, 9.17) is 12.2 Å². The smallest absolute Gasteiger partial charge is 0.0277 e. The van der Waals surface area contributed by atoms with Crippen molar-refractivity contribution in [1.82, 2.24) is 0 Å². The van der Waals surface area contributed by atoms with Gasteiger partial charge in [0.2, 0.25) is 0 Å². The van der Waals surface area contributed by atoms with Gasteiger partial charge in [-0.2, -0.15) is 0 Å². The topological polar surface area (TPSA) is 26.0 Å². The van der Waals surface area contributed by atoms with Crippen LogP contribution in [0.15, 0.2) is 24.3 Å². The molecule has 1 atom stereocenters. The van der Waals surface area contributed by atoms with Gasteiger partial charge in [-0.05, 0) is 30.5 Å². The lowest BCUT2D eigenvalue weighted by atomic mass is 9.93. The van der Waals surface area contributed by atoms with Gasteiger partial charge in [0.05, 0.1) is 0 Å². The van der Waals surface area contributed by atoms with Gasteiger partial charge in [0, 0.05) is 5.56 Å². The van der Waals surface area contributed by atoms with Crippen LogP contribution in [0.5, 0.6) is 0 Å². The minimum absolute atomic E-state index is 0.456. The Balaban J connectivity index is 2.93. The van der Waals surface area contributed by atoms with Crippen LogP contribution in [0.4, 0.5) is 0 Å². The molecule has 1 rings (SSSR count). The Bertz CT molecular complexity index is 309. The first kappa shape index (κ1) is 9.83. The first-order valence-corrected chi connectivity index (χ1v) is 4.55. The molecule has 0 aromatic heterocycles. The third-order valence-electron chi connectivity index (χ3n) is 2.25. The molecule has 0 saturated carbocycles. The van der Waals surface area contributed by atoms with Gasteiger partial charge in [-0.1, -0.05) is 31.0 Å². The van der Waals surface area contributed by atoms with E-state index in [1.165, 1.54) is 5.56 Å². The van der Waals surface area contributed by atoms with Crippen molar-refractivity contribution < 1.29 is 0 Å². The summed E-state index contributed by atoms with van der Waals surface area (Å²) in [5.74, 6) is 3.15.